The average molecular weight is 432 g/mol. The Kier molecular flexibility index (Phi) is 5.96. The molecule has 0 atom stereocenters. The van der Waals surface area contributed by atoms with E-state index in [4.69, 9.17) is 5.26 Å². The molecule has 0 aliphatic carbocycles. The molecule has 156 valence electrons. The molecule has 1 N–H and O–H groups in total. The average Bonchev–Trinajstić information content (AvgIpc) is 3.35. The molecule has 0 radical (unpaired) electrons. The van der Waals surface area contributed by atoms with E-state index in [1.807, 2.05) is 42.5 Å². The Balaban J connectivity index is 1.41. The predicted molar refractivity (Wildman–Crippen MR) is 119 cm³/mol. The minimum atomic E-state index is -0.189. The second-order valence-corrected chi connectivity index (χ2v) is 8.22. The first-order chi connectivity index (χ1) is 15.0. The highest BCUT2D eigenvalue weighted by Crippen LogP contribution is 2.29. The second kappa shape index (κ2) is 8.98. The summed E-state index contributed by atoms with van der Waals surface area (Å²) < 4.78 is 0. The van der Waals surface area contributed by atoms with E-state index in [0.29, 0.717) is 47.4 Å². The number of rotatable bonds is 6. The summed E-state index contributed by atoms with van der Waals surface area (Å²) in [5, 5.41) is 12.4. The van der Waals surface area contributed by atoms with E-state index in [1.165, 1.54) is 11.3 Å². The number of urea groups is 1. The summed E-state index contributed by atoms with van der Waals surface area (Å²) in [6.07, 6.45) is 0. The molecule has 1 saturated heterocycles. The number of aromatic nitrogens is 1. The van der Waals surface area contributed by atoms with Crippen LogP contribution in [-0.4, -0.2) is 34.9 Å². The van der Waals surface area contributed by atoms with Crippen LogP contribution < -0.4 is 10.2 Å². The smallest absolute Gasteiger partial charge is 0.326 e. The number of carbonyl (C=O) groups excluding carboxylic acids is 2. The van der Waals surface area contributed by atoms with Gasteiger partial charge in [-0.3, -0.25) is 9.69 Å². The number of anilines is 1. The number of nitrogens with zero attached hydrogens (tertiary/aromatic N) is 4. The lowest BCUT2D eigenvalue weighted by molar-refractivity contribution is 0.0954. The number of thiazole rings is 1. The maximum Gasteiger partial charge on any atom is 0.326 e. The van der Waals surface area contributed by atoms with Gasteiger partial charge in [-0.15, -0.1) is 0 Å². The topological polar surface area (TPSA) is 89.3 Å². The van der Waals surface area contributed by atoms with Gasteiger partial charge in [0.05, 0.1) is 17.3 Å². The van der Waals surface area contributed by atoms with Crippen LogP contribution in [0.2, 0.25) is 0 Å². The SMILES string of the molecule is Cc1nc(N2CCN(Cc3ccc(C#N)cc3)C2=O)sc1C(=O)NCc1ccccc1. The van der Waals surface area contributed by atoms with Crippen molar-refractivity contribution in [1.82, 2.24) is 15.2 Å². The summed E-state index contributed by atoms with van der Waals surface area (Å²) in [6.45, 7) is 3.79. The molecule has 1 aliphatic heterocycles. The Labute approximate surface area is 184 Å². The Bertz CT molecular complexity index is 1140. The van der Waals surface area contributed by atoms with Gasteiger partial charge in [0.1, 0.15) is 4.88 Å². The monoisotopic (exact) mass is 431 g/mol. The fraction of sp³-hybridized carbons (Fsp3) is 0.217. The highest BCUT2D eigenvalue weighted by Gasteiger charge is 2.32. The number of hydrogen-bond donors (Lipinski definition) is 1. The first kappa shape index (κ1) is 20.6. The van der Waals surface area contributed by atoms with Gasteiger partial charge in [0.15, 0.2) is 5.13 Å². The van der Waals surface area contributed by atoms with E-state index >= 15 is 0 Å². The number of aryl methyl sites for hydroxylation is 1. The van der Waals surface area contributed by atoms with Crippen LogP contribution in [0.25, 0.3) is 0 Å². The third kappa shape index (κ3) is 4.57. The predicted octanol–water partition coefficient (Wildman–Crippen LogP) is 3.70. The summed E-state index contributed by atoms with van der Waals surface area (Å²) in [4.78, 5) is 33.9. The highest BCUT2D eigenvalue weighted by molar-refractivity contribution is 7.17. The first-order valence-electron chi connectivity index (χ1n) is 9.90. The molecule has 3 amide bonds. The first-order valence-corrected chi connectivity index (χ1v) is 10.7. The van der Waals surface area contributed by atoms with Crippen LogP contribution in [0.3, 0.4) is 0 Å². The highest BCUT2D eigenvalue weighted by atomic mass is 32.1. The van der Waals surface area contributed by atoms with Crippen molar-refractivity contribution in [1.29, 1.82) is 5.26 Å². The van der Waals surface area contributed by atoms with Crippen molar-refractivity contribution in [2.45, 2.75) is 20.0 Å². The fourth-order valence-corrected chi connectivity index (χ4v) is 4.38. The number of hydrogen-bond acceptors (Lipinski definition) is 5. The number of carbonyl (C=O) groups is 2. The van der Waals surface area contributed by atoms with Gasteiger partial charge in [-0.25, -0.2) is 9.78 Å². The molecular formula is C23H21N5O2S. The maximum atomic E-state index is 12.9. The van der Waals surface area contributed by atoms with Crippen molar-refractivity contribution in [3.8, 4) is 6.07 Å². The molecule has 3 aromatic rings. The largest absolute Gasteiger partial charge is 0.347 e. The Morgan fingerprint density at radius 3 is 2.58 bits per heavy atom. The van der Waals surface area contributed by atoms with Crippen LogP contribution in [-0.2, 0) is 13.1 Å². The molecule has 2 aromatic carbocycles. The molecule has 31 heavy (non-hydrogen) atoms. The maximum absolute atomic E-state index is 12.9. The molecule has 7 nitrogen and oxygen atoms in total. The quantitative estimate of drug-likeness (QED) is 0.645. The van der Waals surface area contributed by atoms with Crippen LogP contribution in [0.15, 0.2) is 54.6 Å². The number of nitrogens with one attached hydrogen (secondary N) is 1. The fourth-order valence-electron chi connectivity index (χ4n) is 3.38. The van der Waals surface area contributed by atoms with Crippen molar-refractivity contribution in [3.63, 3.8) is 0 Å². The van der Waals surface area contributed by atoms with Crippen molar-refractivity contribution < 1.29 is 9.59 Å². The molecular weight excluding hydrogens is 410 g/mol. The lowest BCUT2D eigenvalue weighted by atomic mass is 10.1. The van der Waals surface area contributed by atoms with Gasteiger partial charge in [0.2, 0.25) is 0 Å². The third-order valence-electron chi connectivity index (χ3n) is 5.07. The van der Waals surface area contributed by atoms with Gasteiger partial charge in [0.25, 0.3) is 5.91 Å². The van der Waals surface area contributed by atoms with E-state index in [-0.39, 0.29) is 11.9 Å². The van der Waals surface area contributed by atoms with Gasteiger partial charge >= 0.3 is 6.03 Å². The summed E-state index contributed by atoms with van der Waals surface area (Å²) in [7, 11) is 0. The minimum Gasteiger partial charge on any atom is -0.347 e. The lowest BCUT2D eigenvalue weighted by Crippen LogP contribution is -2.31. The molecule has 4 rings (SSSR count). The van der Waals surface area contributed by atoms with Gasteiger partial charge in [-0.05, 0) is 30.2 Å². The van der Waals surface area contributed by atoms with Crippen molar-refractivity contribution in [3.05, 3.63) is 81.9 Å². The molecule has 1 aromatic heterocycles. The molecule has 2 heterocycles. The Morgan fingerprint density at radius 2 is 1.87 bits per heavy atom. The Morgan fingerprint density at radius 1 is 1.13 bits per heavy atom. The van der Waals surface area contributed by atoms with E-state index < -0.39 is 0 Å². The Hall–Kier alpha value is -3.70. The molecule has 0 spiro atoms. The third-order valence-corrected chi connectivity index (χ3v) is 6.25. The van der Waals surface area contributed by atoms with Crippen LogP contribution >= 0.6 is 11.3 Å². The van der Waals surface area contributed by atoms with Gasteiger partial charge in [0, 0.05) is 26.2 Å². The van der Waals surface area contributed by atoms with Crippen molar-refractivity contribution >= 4 is 28.4 Å². The van der Waals surface area contributed by atoms with Crippen LogP contribution in [0.4, 0.5) is 9.93 Å². The minimum absolute atomic E-state index is 0.130. The zero-order valence-corrected chi connectivity index (χ0v) is 17.9. The second-order valence-electron chi connectivity index (χ2n) is 7.24. The number of nitriles is 1. The summed E-state index contributed by atoms with van der Waals surface area (Å²) in [5.41, 5.74) is 3.19. The van der Waals surface area contributed by atoms with Crippen LogP contribution in [0.5, 0.6) is 0 Å². The van der Waals surface area contributed by atoms with Crippen LogP contribution in [0, 0.1) is 18.3 Å². The van der Waals surface area contributed by atoms with Crippen LogP contribution in [0.1, 0.15) is 32.1 Å². The number of benzene rings is 2. The van der Waals surface area contributed by atoms with E-state index in [1.54, 1.807) is 28.9 Å². The summed E-state index contributed by atoms with van der Waals surface area (Å²) in [5.74, 6) is -0.189. The molecule has 0 bridgehead atoms. The van der Waals surface area contributed by atoms with Gasteiger partial charge < -0.3 is 10.2 Å². The standard InChI is InChI=1S/C23H21N5O2S/c1-16-20(21(29)25-14-18-5-3-2-4-6-18)31-22(26-16)28-12-11-27(23(28)30)15-19-9-7-17(13-24)8-10-19/h2-10H,11-12,14-15H2,1H3,(H,25,29). The van der Waals surface area contributed by atoms with Gasteiger partial charge in [-0.2, -0.15) is 5.26 Å². The van der Waals surface area contributed by atoms with Gasteiger partial charge in [-0.1, -0.05) is 53.8 Å². The van der Waals surface area contributed by atoms with E-state index in [9.17, 15) is 9.59 Å². The molecule has 1 aliphatic rings. The van der Waals surface area contributed by atoms with E-state index in [0.717, 1.165) is 11.1 Å². The van der Waals surface area contributed by atoms with Crippen molar-refractivity contribution in [2.75, 3.05) is 18.0 Å². The summed E-state index contributed by atoms with van der Waals surface area (Å²) in [6, 6.07) is 18.9. The molecule has 0 saturated carbocycles. The van der Waals surface area contributed by atoms with Crippen molar-refractivity contribution in [2.24, 2.45) is 0 Å². The lowest BCUT2D eigenvalue weighted by Gasteiger charge is -2.17. The zero-order valence-electron chi connectivity index (χ0n) is 17.0. The van der Waals surface area contributed by atoms with E-state index in [2.05, 4.69) is 16.4 Å². The summed E-state index contributed by atoms with van der Waals surface area (Å²) >= 11 is 1.24. The number of amides is 3. The molecule has 8 heteroatoms. The molecule has 1 fully saturated rings. The zero-order chi connectivity index (χ0) is 21.8. The molecule has 0 unspecified atom stereocenters. The normalized spacial score (nSPS) is 13.4.